The van der Waals surface area contributed by atoms with Crippen LogP contribution in [0, 0.1) is 12.3 Å². The Bertz CT molecular complexity index is 486. The number of aliphatic hydroxyl groups is 1. The zero-order chi connectivity index (χ0) is 15.1. The number of nitrogens with one attached hydrogen (secondary N) is 1. The minimum atomic E-state index is -0.938. The van der Waals surface area contributed by atoms with Crippen molar-refractivity contribution in [3.05, 3.63) is 17.9 Å². The van der Waals surface area contributed by atoms with Crippen molar-refractivity contribution in [2.45, 2.75) is 25.5 Å². The number of nitrogens with two attached hydrogens (primary N) is 1. The molecule has 8 nitrogen and oxygen atoms in total. The number of methoxy groups -OCH3 is 1. The first kappa shape index (κ1) is 17.9. The van der Waals surface area contributed by atoms with E-state index >= 15 is 0 Å². The summed E-state index contributed by atoms with van der Waals surface area (Å²) in [7, 11) is 3.57. The Kier molecular flexibility index (Phi) is 5.71. The summed E-state index contributed by atoms with van der Waals surface area (Å²) >= 11 is 0. The number of rotatable bonds is 3. The van der Waals surface area contributed by atoms with Gasteiger partial charge in [0.05, 0.1) is 6.67 Å². The van der Waals surface area contributed by atoms with Crippen LogP contribution in [0.2, 0.25) is 0 Å². The van der Waals surface area contributed by atoms with Gasteiger partial charge in [-0.25, -0.2) is 4.99 Å². The summed E-state index contributed by atoms with van der Waals surface area (Å²) in [5.74, 6) is 1.22. The standard InChI is InChI=1S/C13H22N5O3.Y/c1-7-4-8(5-20-3)21-12(7)18-6-17(2)9-10(18)15-13(14)16-11(9)19;/h4,7-8,11-12,19H,5-6H2,1-3H3,(H3,14,15,16);/q-1;/t7?,8-,11?,12+;/m0./s1. The smallest absolute Gasteiger partial charge is 0.197 e. The largest absolute Gasteiger partial charge is 0.387 e. The van der Waals surface area contributed by atoms with Gasteiger partial charge in [-0.1, -0.05) is 6.92 Å². The fraction of sp³-hybridized carbons (Fsp3) is 0.692. The minimum Gasteiger partial charge on any atom is -0.387 e. The average Bonchev–Trinajstić information content (AvgIpc) is 2.91. The second-order valence-corrected chi connectivity index (χ2v) is 5.63. The van der Waals surface area contributed by atoms with Crippen LogP contribution in [0.15, 0.2) is 16.5 Å². The SMILES string of the molecule is COC[C@@H]1[CH-]C(C)[C@H](N2CN(C)C3=C2NC(N)=NC3O)O1.[Y]. The predicted molar refractivity (Wildman–Crippen MR) is 76.3 cm³/mol. The molecule has 3 rings (SSSR count). The van der Waals surface area contributed by atoms with E-state index in [1.165, 1.54) is 0 Å². The summed E-state index contributed by atoms with van der Waals surface area (Å²) < 4.78 is 11.2. The number of hydrogen-bond donors (Lipinski definition) is 3. The molecule has 0 amide bonds. The molecule has 0 aromatic rings. The van der Waals surface area contributed by atoms with Crippen LogP contribution in [0.4, 0.5) is 0 Å². The molecule has 0 aromatic heterocycles. The first-order chi connectivity index (χ1) is 10.0. The third kappa shape index (κ3) is 3.12. The van der Waals surface area contributed by atoms with Crippen molar-refractivity contribution in [2.24, 2.45) is 16.6 Å². The van der Waals surface area contributed by atoms with Gasteiger partial charge in [0.2, 0.25) is 0 Å². The van der Waals surface area contributed by atoms with Gasteiger partial charge in [-0.05, 0) is 6.10 Å². The Morgan fingerprint density at radius 1 is 1.59 bits per heavy atom. The van der Waals surface area contributed by atoms with Crippen molar-refractivity contribution in [1.82, 2.24) is 15.1 Å². The van der Waals surface area contributed by atoms with Crippen molar-refractivity contribution in [1.29, 1.82) is 0 Å². The third-order valence-electron chi connectivity index (χ3n) is 3.98. The molecule has 4 atom stereocenters. The summed E-state index contributed by atoms with van der Waals surface area (Å²) in [5.41, 5.74) is 6.45. The maximum atomic E-state index is 10.1. The van der Waals surface area contributed by atoms with Gasteiger partial charge in [0.1, 0.15) is 17.7 Å². The second-order valence-electron chi connectivity index (χ2n) is 5.63. The molecular formula is C13H22N5O3Y-. The van der Waals surface area contributed by atoms with Gasteiger partial charge >= 0.3 is 0 Å². The van der Waals surface area contributed by atoms with Crippen LogP contribution >= 0.6 is 0 Å². The topological polar surface area (TPSA) is 95.6 Å². The Hall–Kier alpha value is -0.406. The van der Waals surface area contributed by atoms with Gasteiger partial charge in [-0.2, -0.15) is 0 Å². The van der Waals surface area contributed by atoms with Gasteiger partial charge in [0.15, 0.2) is 12.2 Å². The third-order valence-corrected chi connectivity index (χ3v) is 3.98. The van der Waals surface area contributed by atoms with E-state index in [1.807, 2.05) is 11.9 Å². The molecule has 0 aromatic carbocycles. The van der Waals surface area contributed by atoms with Crippen molar-refractivity contribution in [3.63, 3.8) is 0 Å². The van der Waals surface area contributed by atoms with Crippen LogP contribution in [-0.4, -0.2) is 66.9 Å². The van der Waals surface area contributed by atoms with Crippen LogP contribution in [0.5, 0.6) is 0 Å². The molecule has 1 saturated heterocycles. The monoisotopic (exact) mass is 385 g/mol. The molecule has 1 fully saturated rings. The molecule has 0 bridgehead atoms. The van der Waals surface area contributed by atoms with Crippen LogP contribution in [0.3, 0.4) is 0 Å². The van der Waals surface area contributed by atoms with Crippen molar-refractivity contribution in [2.75, 3.05) is 27.4 Å². The van der Waals surface area contributed by atoms with E-state index < -0.39 is 6.23 Å². The Labute approximate surface area is 155 Å². The predicted octanol–water partition coefficient (Wildman–Crippen LogP) is -1.19. The Balaban J connectivity index is 0.00000176. The molecule has 0 aliphatic carbocycles. The van der Waals surface area contributed by atoms with E-state index in [2.05, 4.69) is 28.6 Å². The van der Waals surface area contributed by atoms with Gasteiger partial charge < -0.3 is 35.4 Å². The molecule has 3 aliphatic heterocycles. The number of hydrogen-bond acceptors (Lipinski definition) is 8. The molecule has 22 heavy (non-hydrogen) atoms. The Morgan fingerprint density at radius 3 is 3.00 bits per heavy atom. The average molecular weight is 385 g/mol. The zero-order valence-electron chi connectivity index (χ0n) is 13.1. The van der Waals surface area contributed by atoms with Crippen molar-refractivity contribution < 1.29 is 47.3 Å². The maximum absolute atomic E-state index is 10.1. The number of guanidine groups is 1. The molecule has 0 saturated carbocycles. The molecular weight excluding hydrogens is 363 g/mol. The fourth-order valence-electron chi connectivity index (χ4n) is 3.11. The van der Waals surface area contributed by atoms with E-state index in [0.29, 0.717) is 13.3 Å². The number of aliphatic hydroxyl groups excluding tert-OH is 1. The van der Waals surface area contributed by atoms with Crippen molar-refractivity contribution >= 4 is 5.96 Å². The maximum Gasteiger partial charge on any atom is 0.197 e. The molecule has 2 unspecified atom stereocenters. The molecule has 3 heterocycles. The number of likely N-dealkylation sites (N-methyl/N-ethyl adjacent to an activating group) is 1. The summed E-state index contributed by atoms with van der Waals surface area (Å²) in [6.45, 7) is 3.26. The minimum absolute atomic E-state index is 0. The van der Waals surface area contributed by atoms with E-state index in [-0.39, 0.29) is 56.9 Å². The second kappa shape index (κ2) is 7.01. The summed E-state index contributed by atoms with van der Waals surface area (Å²) in [6.07, 6.45) is 1.06. The molecule has 9 heteroatoms. The summed E-state index contributed by atoms with van der Waals surface area (Å²) in [6, 6.07) is 0. The van der Waals surface area contributed by atoms with Crippen LogP contribution < -0.4 is 11.1 Å². The van der Waals surface area contributed by atoms with E-state index in [4.69, 9.17) is 15.2 Å². The van der Waals surface area contributed by atoms with Gasteiger partial charge in [-0.3, -0.25) is 6.42 Å². The number of nitrogens with zero attached hydrogens (tertiary/aromatic N) is 3. The molecule has 0 spiro atoms. The van der Waals surface area contributed by atoms with Gasteiger partial charge in [0, 0.05) is 53.5 Å². The van der Waals surface area contributed by atoms with Gasteiger partial charge in [-0.15, -0.1) is 5.92 Å². The van der Waals surface area contributed by atoms with Crippen LogP contribution in [0.1, 0.15) is 6.92 Å². The summed E-state index contributed by atoms with van der Waals surface area (Å²) in [5, 5.41) is 13.1. The van der Waals surface area contributed by atoms with Crippen LogP contribution in [-0.2, 0) is 42.2 Å². The Morgan fingerprint density at radius 2 is 2.32 bits per heavy atom. The normalized spacial score (nSPS) is 34.3. The molecule has 3 aliphatic rings. The van der Waals surface area contributed by atoms with Crippen molar-refractivity contribution in [3.8, 4) is 0 Å². The zero-order valence-corrected chi connectivity index (χ0v) is 15.9. The first-order valence-electron chi connectivity index (χ1n) is 7.01. The summed E-state index contributed by atoms with van der Waals surface area (Å²) in [4.78, 5) is 7.96. The number of aliphatic imine (C=N–C) groups is 1. The quantitative estimate of drug-likeness (QED) is 0.526. The molecule has 1 radical (unpaired) electrons. The first-order valence-corrected chi connectivity index (χ1v) is 7.01. The van der Waals surface area contributed by atoms with Gasteiger partial charge in [0.25, 0.3) is 0 Å². The van der Waals surface area contributed by atoms with E-state index in [9.17, 15) is 5.11 Å². The van der Waals surface area contributed by atoms with E-state index in [0.717, 1.165) is 11.5 Å². The fourth-order valence-corrected chi connectivity index (χ4v) is 3.11. The van der Waals surface area contributed by atoms with Crippen LogP contribution in [0.25, 0.3) is 0 Å². The molecule has 4 N–H and O–H groups in total. The number of ether oxygens (including phenoxy) is 2. The molecule has 121 valence electrons. The van der Waals surface area contributed by atoms with E-state index in [1.54, 1.807) is 7.11 Å².